The normalized spacial score (nSPS) is 12.8. The van der Waals surface area contributed by atoms with Crippen LogP contribution in [0.5, 0.6) is 11.5 Å². The van der Waals surface area contributed by atoms with Gasteiger partial charge in [0, 0.05) is 9.79 Å². The Morgan fingerprint density at radius 1 is 0.725 bits per heavy atom. The van der Waals surface area contributed by atoms with Gasteiger partial charge in [-0.1, -0.05) is 74.8 Å². The Morgan fingerprint density at radius 2 is 1.20 bits per heavy atom. The van der Waals surface area contributed by atoms with Crippen LogP contribution in [0.4, 0.5) is 11.4 Å². The smallest absolute Gasteiger partial charge is 0.335 e. The zero-order chi connectivity index (χ0) is 27.6. The van der Waals surface area contributed by atoms with Crippen molar-refractivity contribution in [2.45, 2.75) is 62.2 Å². The number of anilines is 2. The van der Waals surface area contributed by atoms with Crippen LogP contribution in [0.2, 0.25) is 0 Å². The molecule has 0 saturated carbocycles. The molecule has 0 N–H and O–H groups in total. The van der Waals surface area contributed by atoms with Crippen molar-refractivity contribution in [1.82, 2.24) is 0 Å². The van der Waals surface area contributed by atoms with Crippen LogP contribution in [-0.4, -0.2) is 6.85 Å². The van der Waals surface area contributed by atoms with E-state index in [1.165, 1.54) is 11.1 Å². The van der Waals surface area contributed by atoms with E-state index >= 15 is 0 Å². The van der Waals surface area contributed by atoms with Gasteiger partial charge in [0.25, 0.3) is 0 Å². The lowest BCUT2D eigenvalue weighted by Crippen LogP contribution is -2.58. The summed E-state index contributed by atoms with van der Waals surface area (Å²) in [5.74, 6) is 1.59. The molecule has 0 bridgehead atoms. The van der Waals surface area contributed by atoms with Crippen LogP contribution in [0.3, 0.4) is 0 Å². The Balaban J connectivity index is 1.65. The molecule has 0 atom stereocenters. The Morgan fingerprint density at radius 3 is 1.65 bits per heavy atom. The van der Waals surface area contributed by atoms with Gasteiger partial charge in [0.1, 0.15) is 23.6 Å². The maximum Gasteiger partial charge on any atom is 0.335 e. The van der Waals surface area contributed by atoms with Gasteiger partial charge in [-0.3, -0.25) is 0 Å². The largest absolute Gasteiger partial charge is 0.458 e. The molecular weight excluding hydrogens is 509 g/mol. The SMILES string of the molecule is CCCCc1cc(C#N)c2c(c1)Sc1cc(CCCC)cc(C#N)c1N2B1c2ccccc2Oc2ccccc21. The van der Waals surface area contributed by atoms with Gasteiger partial charge in [-0.25, -0.2) is 0 Å². The number of nitrogens with zero attached hydrogens (tertiary/aromatic N) is 3. The molecule has 2 heterocycles. The number of nitriles is 2. The second kappa shape index (κ2) is 11.2. The zero-order valence-corrected chi connectivity index (χ0v) is 23.7. The summed E-state index contributed by atoms with van der Waals surface area (Å²) in [6, 6.07) is 29.9. The zero-order valence-electron chi connectivity index (χ0n) is 22.9. The highest BCUT2D eigenvalue weighted by atomic mass is 32.2. The molecule has 6 heteroatoms. The van der Waals surface area contributed by atoms with Crippen LogP contribution in [-0.2, 0) is 12.8 Å². The molecule has 0 saturated heterocycles. The third kappa shape index (κ3) is 4.53. The van der Waals surface area contributed by atoms with Crippen molar-refractivity contribution in [3.05, 3.63) is 95.1 Å². The quantitative estimate of drug-likeness (QED) is 0.226. The number of fused-ring (bicyclic) bond motifs is 4. The molecule has 0 aromatic heterocycles. The summed E-state index contributed by atoms with van der Waals surface area (Å²) in [6.07, 6.45) is 6.24. The van der Waals surface area contributed by atoms with E-state index in [1.54, 1.807) is 11.8 Å². The van der Waals surface area contributed by atoms with Gasteiger partial charge < -0.3 is 9.55 Å². The third-order valence-electron chi connectivity index (χ3n) is 7.76. The minimum absolute atomic E-state index is 0.262. The van der Waals surface area contributed by atoms with Gasteiger partial charge in [-0.15, -0.1) is 0 Å². The van der Waals surface area contributed by atoms with E-state index in [1.807, 2.05) is 48.5 Å². The molecule has 4 nitrogen and oxygen atoms in total. The number of benzene rings is 4. The number of para-hydroxylation sites is 2. The lowest BCUT2D eigenvalue weighted by atomic mass is 9.47. The van der Waals surface area contributed by atoms with Crippen LogP contribution >= 0.6 is 11.8 Å². The van der Waals surface area contributed by atoms with E-state index in [0.29, 0.717) is 11.1 Å². The van der Waals surface area contributed by atoms with Gasteiger partial charge >= 0.3 is 6.85 Å². The third-order valence-corrected chi connectivity index (χ3v) is 8.82. The van der Waals surface area contributed by atoms with Crippen LogP contribution in [0.25, 0.3) is 0 Å². The summed E-state index contributed by atoms with van der Waals surface area (Å²) < 4.78 is 6.35. The molecule has 2 aliphatic rings. The van der Waals surface area contributed by atoms with Crippen LogP contribution < -0.4 is 20.5 Å². The number of unbranched alkanes of at least 4 members (excludes halogenated alkanes) is 2. The fraction of sp³-hybridized carbons (Fsp3) is 0.235. The van der Waals surface area contributed by atoms with E-state index < -0.39 is 0 Å². The summed E-state index contributed by atoms with van der Waals surface area (Å²) in [5.41, 5.74) is 7.42. The standard InChI is InChI=1S/C34H30BN3OS/c1-3-5-11-23-17-25(21-36)33-31(19-23)40-32-20-24(12-6-4-2)18-26(22-37)34(32)38(33)35-27-13-7-9-15-29(27)39-30-16-10-8-14-28(30)35/h7-10,13-20H,3-6,11-12H2,1-2H3. The predicted molar refractivity (Wildman–Crippen MR) is 164 cm³/mol. The van der Waals surface area contributed by atoms with Crippen molar-refractivity contribution < 1.29 is 4.74 Å². The Labute approximate surface area is 241 Å². The highest BCUT2D eigenvalue weighted by Gasteiger charge is 2.42. The monoisotopic (exact) mass is 539 g/mol. The van der Waals surface area contributed by atoms with E-state index in [4.69, 9.17) is 4.74 Å². The molecule has 0 fully saturated rings. The topological polar surface area (TPSA) is 60.0 Å². The lowest BCUT2D eigenvalue weighted by molar-refractivity contribution is 0.487. The van der Waals surface area contributed by atoms with Crippen LogP contribution in [0, 0.1) is 22.7 Å². The van der Waals surface area contributed by atoms with Crippen molar-refractivity contribution >= 4 is 40.9 Å². The second-order valence-electron chi connectivity index (χ2n) is 10.5. The van der Waals surface area contributed by atoms with Gasteiger partial charge in [-0.05, 0) is 84.1 Å². The molecule has 6 rings (SSSR count). The predicted octanol–water partition coefficient (Wildman–Crippen LogP) is 7.63. The first-order valence-corrected chi connectivity index (χ1v) is 14.9. The van der Waals surface area contributed by atoms with Crippen molar-refractivity contribution in [1.29, 1.82) is 10.5 Å². The highest BCUT2D eigenvalue weighted by Crippen LogP contribution is 2.52. The minimum atomic E-state index is -0.262. The fourth-order valence-corrected chi connectivity index (χ4v) is 7.12. The molecule has 196 valence electrons. The van der Waals surface area contributed by atoms with Crippen molar-refractivity contribution in [3.8, 4) is 23.6 Å². The molecule has 2 aliphatic heterocycles. The number of hydrogen-bond donors (Lipinski definition) is 0. The minimum Gasteiger partial charge on any atom is -0.458 e. The molecule has 0 unspecified atom stereocenters. The second-order valence-corrected chi connectivity index (χ2v) is 11.5. The maximum absolute atomic E-state index is 10.5. The van der Waals surface area contributed by atoms with Crippen LogP contribution in [0.1, 0.15) is 61.8 Å². The molecule has 0 radical (unpaired) electrons. The molecule has 4 aromatic carbocycles. The van der Waals surface area contributed by atoms with Gasteiger partial charge in [-0.2, -0.15) is 10.5 Å². The summed E-state index contributed by atoms with van der Waals surface area (Å²) in [4.78, 5) is 4.39. The summed E-state index contributed by atoms with van der Waals surface area (Å²) in [5, 5.41) is 21.0. The number of rotatable bonds is 7. The summed E-state index contributed by atoms with van der Waals surface area (Å²) >= 11 is 1.69. The average Bonchev–Trinajstić information content (AvgIpc) is 2.99. The van der Waals surface area contributed by atoms with E-state index in [9.17, 15) is 10.5 Å². The average molecular weight is 540 g/mol. The fourth-order valence-electron chi connectivity index (χ4n) is 5.85. The van der Waals surface area contributed by atoms with Crippen molar-refractivity contribution in [2.75, 3.05) is 4.81 Å². The number of aryl methyl sites for hydroxylation is 2. The van der Waals surface area contributed by atoms with Crippen molar-refractivity contribution in [3.63, 3.8) is 0 Å². The van der Waals surface area contributed by atoms with E-state index in [0.717, 1.165) is 82.1 Å². The van der Waals surface area contributed by atoms with E-state index in [2.05, 4.69) is 55.1 Å². The molecule has 0 amide bonds. The lowest BCUT2D eigenvalue weighted by Gasteiger charge is -2.41. The molecule has 40 heavy (non-hydrogen) atoms. The first-order chi connectivity index (χ1) is 19.7. The molecule has 4 aromatic rings. The molecule has 0 aliphatic carbocycles. The van der Waals surface area contributed by atoms with E-state index in [-0.39, 0.29) is 6.85 Å². The van der Waals surface area contributed by atoms with Gasteiger partial charge in [0.2, 0.25) is 0 Å². The Bertz CT molecular complexity index is 1570. The Kier molecular flexibility index (Phi) is 7.29. The Hall–Kier alpha value is -4.13. The summed E-state index contributed by atoms with van der Waals surface area (Å²) in [7, 11) is 0. The van der Waals surface area contributed by atoms with Gasteiger partial charge in [0.05, 0.1) is 22.5 Å². The number of hydrogen-bond acceptors (Lipinski definition) is 5. The van der Waals surface area contributed by atoms with Crippen LogP contribution in [0.15, 0.2) is 82.6 Å². The molecular formula is C34H30BN3OS. The summed E-state index contributed by atoms with van der Waals surface area (Å²) in [6.45, 7) is 4.12. The maximum atomic E-state index is 10.5. The van der Waals surface area contributed by atoms with Gasteiger partial charge in [0.15, 0.2) is 0 Å². The first kappa shape index (κ1) is 26.1. The highest BCUT2D eigenvalue weighted by molar-refractivity contribution is 7.99. The molecule has 0 spiro atoms. The first-order valence-electron chi connectivity index (χ1n) is 14.1. The number of ether oxygens (including phenoxy) is 1. The van der Waals surface area contributed by atoms with Crippen molar-refractivity contribution in [2.24, 2.45) is 0 Å².